The number of nitrogens with two attached hydrogens (primary N) is 1. The molecule has 34 heavy (non-hydrogen) atoms. The van der Waals surface area contributed by atoms with Gasteiger partial charge in [0.1, 0.15) is 27.5 Å². The molecule has 3 aromatic heterocycles. The largest absolute Gasteiger partial charge is 0.455 e. The van der Waals surface area contributed by atoms with Gasteiger partial charge in [0.15, 0.2) is 10.5 Å². The molecule has 8 nitrogen and oxygen atoms in total. The lowest BCUT2D eigenvalue weighted by atomic mass is 9.99. The summed E-state index contributed by atoms with van der Waals surface area (Å²) < 4.78 is 19.7. The van der Waals surface area contributed by atoms with Gasteiger partial charge in [-0.2, -0.15) is 0 Å². The summed E-state index contributed by atoms with van der Waals surface area (Å²) in [6.45, 7) is 5.49. The molecule has 3 N–H and O–H groups in total. The second kappa shape index (κ2) is 9.17. The molecule has 0 bridgehead atoms. The van der Waals surface area contributed by atoms with Crippen molar-refractivity contribution < 1.29 is 8.63 Å². The number of hydrogen-bond donors (Lipinski definition) is 2. The third-order valence-corrected chi connectivity index (χ3v) is 6.50. The number of nitrogens with zero attached hydrogens (tertiary/aromatic N) is 2. The minimum atomic E-state index is -1.85. The number of hydrogen-bond acceptors (Lipinski definition) is 6. The van der Waals surface area contributed by atoms with Gasteiger partial charge in [0, 0.05) is 36.0 Å². The molecule has 0 radical (unpaired) electrons. The molecule has 1 aromatic carbocycles. The number of pyridine rings is 2. The fourth-order valence-corrected chi connectivity index (χ4v) is 4.61. The smallest absolute Gasteiger partial charge is 0.250 e. The Morgan fingerprint density at radius 1 is 1.18 bits per heavy atom. The van der Waals surface area contributed by atoms with E-state index in [0.717, 1.165) is 11.1 Å². The first kappa shape index (κ1) is 23.9. The van der Waals surface area contributed by atoms with Crippen LogP contribution in [0.5, 0.6) is 0 Å². The predicted molar refractivity (Wildman–Crippen MR) is 135 cm³/mol. The number of benzene rings is 1. The Bertz CT molecular complexity index is 1580. The van der Waals surface area contributed by atoms with E-state index in [2.05, 4.69) is 10.3 Å². The minimum absolute atomic E-state index is 0.125. The summed E-state index contributed by atoms with van der Waals surface area (Å²) >= 11 is 5.94. The van der Waals surface area contributed by atoms with Crippen LogP contribution in [0.2, 0.25) is 5.15 Å². The number of fused-ring (bicyclic) bond motifs is 1. The number of halogens is 1. The van der Waals surface area contributed by atoms with Crippen LogP contribution in [0.3, 0.4) is 0 Å². The standard InChI is InChI=1S/C24H23ClN4O4S/c1-12-9-16(14(3)27-18-6-7-19(25)28-24(18)34(26)32)23-17(10-12)21(31)13(2)22(33-23)15-5-8-20(30)29(4)11-15/h5-11,14,27H,26H2,1-4H3. The fraction of sp³-hybridized carbons (Fsp3) is 0.208. The van der Waals surface area contributed by atoms with Gasteiger partial charge in [0.05, 0.1) is 17.1 Å². The highest BCUT2D eigenvalue weighted by atomic mass is 35.5. The van der Waals surface area contributed by atoms with E-state index in [9.17, 15) is 13.8 Å². The van der Waals surface area contributed by atoms with Crippen molar-refractivity contribution in [3.63, 3.8) is 0 Å². The summed E-state index contributed by atoms with van der Waals surface area (Å²) in [4.78, 5) is 29.2. The van der Waals surface area contributed by atoms with Crippen LogP contribution in [0.1, 0.15) is 29.7 Å². The first-order valence-electron chi connectivity index (χ1n) is 10.4. The van der Waals surface area contributed by atoms with E-state index >= 15 is 0 Å². The lowest BCUT2D eigenvalue weighted by Crippen LogP contribution is -2.16. The highest BCUT2D eigenvalue weighted by Crippen LogP contribution is 2.32. The van der Waals surface area contributed by atoms with E-state index in [1.165, 1.54) is 10.6 Å². The van der Waals surface area contributed by atoms with Crippen molar-refractivity contribution in [2.75, 3.05) is 5.32 Å². The van der Waals surface area contributed by atoms with Crippen LogP contribution in [-0.2, 0) is 18.0 Å². The lowest BCUT2D eigenvalue weighted by Gasteiger charge is -2.20. The zero-order valence-electron chi connectivity index (χ0n) is 19.0. The van der Waals surface area contributed by atoms with Gasteiger partial charge < -0.3 is 14.3 Å². The van der Waals surface area contributed by atoms with Crippen molar-refractivity contribution in [1.82, 2.24) is 9.55 Å². The molecule has 2 unspecified atom stereocenters. The molecule has 2 atom stereocenters. The number of aromatic nitrogens is 2. The van der Waals surface area contributed by atoms with Gasteiger partial charge in [-0.05, 0) is 50.6 Å². The van der Waals surface area contributed by atoms with E-state index in [4.69, 9.17) is 21.2 Å². The van der Waals surface area contributed by atoms with Gasteiger partial charge in [0.25, 0.3) is 0 Å². The monoisotopic (exact) mass is 498 g/mol. The van der Waals surface area contributed by atoms with Crippen molar-refractivity contribution >= 4 is 39.2 Å². The quantitative estimate of drug-likeness (QED) is 0.401. The first-order valence-corrected chi connectivity index (χ1v) is 12.0. The SMILES string of the molecule is Cc1cc(C(C)Nc2ccc(Cl)nc2S(N)=O)c2oc(-c3ccc(=O)n(C)c3)c(C)c(=O)c2c1. The molecule has 3 heterocycles. The second-order valence-electron chi connectivity index (χ2n) is 8.13. The summed E-state index contributed by atoms with van der Waals surface area (Å²) in [7, 11) is -0.215. The molecule has 0 fully saturated rings. The summed E-state index contributed by atoms with van der Waals surface area (Å²) in [6.07, 6.45) is 1.64. The molecule has 0 saturated carbocycles. The Hall–Kier alpha value is -3.27. The first-order chi connectivity index (χ1) is 16.1. The molecule has 0 amide bonds. The highest BCUT2D eigenvalue weighted by Gasteiger charge is 2.20. The molecule has 10 heteroatoms. The lowest BCUT2D eigenvalue weighted by molar-refractivity contribution is 0.604. The van der Waals surface area contributed by atoms with E-state index in [1.54, 1.807) is 44.4 Å². The van der Waals surface area contributed by atoms with Gasteiger partial charge >= 0.3 is 0 Å². The molecule has 176 valence electrons. The third-order valence-electron chi connectivity index (χ3n) is 5.60. The minimum Gasteiger partial charge on any atom is -0.455 e. The number of aryl methyl sites for hydroxylation is 2. The number of rotatable bonds is 5. The van der Waals surface area contributed by atoms with Gasteiger partial charge in [-0.3, -0.25) is 9.59 Å². The molecular weight excluding hydrogens is 476 g/mol. The molecule has 0 aliphatic carbocycles. The summed E-state index contributed by atoms with van der Waals surface area (Å²) in [5, 5.41) is 9.60. The van der Waals surface area contributed by atoms with Gasteiger partial charge in [-0.25, -0.2) is 14.3 Å². The van der Waals surface area contributed by atoms with E-state index in [1.807, 2.05) is 19.9 Å². The van der Waals surface area contributed by atoms with E-state index < -0.39 is 11.0 Å². The average Bonchev–Trinajstić information content (AvgIpc) is 2.79. The van der Waals surface area contributed by atoms with Crippen LogP contribution >= 0.6 is 11.6 Å². The van der Waals surface area contributed by atoms with Gasteiger partial charge in [-0.1, -0.05) is 17.7 Å². The van der Waals surface area contributed by atoms with Crippen LogP contribution < -0.4 is 21.4 Å². The maximum atomic E-state index is 13.3. The second-order valence-corrected chi connectivity index (χ2v) is 9.50. The molecular formula is C24H23ClN4O4S. The molecule has 0 spiro atoms. The Morgan fingerprint density at radius 2 is 1.91 bits per heavy atom. The topological polar surface area (TPSA) is 120 Å². The molecule has 4 rings (SSSR count). The Labute approximate surface area is 203 Å². The van der Waals surface area contributed by atoms with Crippen LogP contribution in [0.25, 0.3) is 22.3 Å². The van der Waals surface area contributed by atoms with Crippen molar-refractivity contribution in [2.24, 2.45) is 12.2 Å². The third kappa shape index (κ3) is 4.42. The Balaban J connectivity index is 1.90. The average molecular weight is 499 g/mol. The molecule has 4 aromatic rings. The van der Waals surface area contributed by atoms with Crippen molar-refractivity contribution in [1.29, 1.82) is 0 Å². The Morgan fingerprint density at radius 3 is 2.59 bits per heavy atom. The van der Waals surface area contributed by atoms with Crippen LogP contribution in [0.4, 0.5) is 5.69 Å². The number of nitrogens with one attached hydrogen (secondary N) is 1. The normalized spacial score (nSPS) is 13.1. The maximum absolute atomic E-state index is 13.3. The summed E-state index contributed by atoms with van der Waals surface area (Å²) in [6, 6.07) is 9.64. The predicted octanol–water partition coefficient (Wildman–Crippen LogP) is 3.98. The zero-order valence-corrected chi connectivity index (χ0v) is 20.6. The van der Waals surface area contributed by atoms with Crippen molar-refractivity contribution in [3.05, 3.63) is 85.0 Å². The highest BCUT2D eigenvalue weighted by molar-refractivity contribution is 7.82. The van der Waals surface area contributed by atoms with Gasteiger partial charge in [0.2, 0.25) is 5.56 Å². The van der Waals surface area contributed by atoms with Crippen molar-refractivity contribution in [3.8, 4) is 11.3 Å². The van der Waals surface area contributed by atoms with Crippen molar-refractivity contribution in [2.45, 2.75) is 31.8 Å². The van der Waals surface area contributed by atoms with Crippen LogP contribution in [0.15, 0.2) is 61.6 Å². The zero-order chi connectivity index (χ0) is 24.7. The molecule has 0 aliphatic rings. The number of anilines is 1. The molecule has 0 aliphatic heterocycles. The fourth-order valence-electron chi connectivity index (χ4n) is 3.88. The van der Waals surface area contributed by atoms with E-state index in [-0.39, 0.29) is 27.2 Å². The van der Waals surface area contributed by atoms with E-state index in [0.29, 0.717) is 33.5 Å². The maximum Gasteiger partial charge on any atom is 0.250 e. The van der Waals surface area contributed by atoms with Crippen LogP contribution in [-0.4, -0.2) is 13.8 Å². The van der Waals surface area contributed by atoms with Crippen LogP contribution in [0, 0.1) is 13.8 Å². The Kier molecular flexibility index (Phi) is 6.44. The molecule has 0 saturated heterocycles. The summed E-state index contributed by atoms with van der Waals surface area (Å²) in [5.41, 5.74) is 3.24. The summed E-state index contributed by atoms with van der Waals surface area (Å²) in [5.74, 6) is 0.391. The van der Waals surface area contributed by atoms with Gasteiger partial charge in [-0.15, -0.1) is 0 Å².